The summed E-state index contributed by atoms with van der Waals surface area (Å²) in [4.78, 5) is 12.1. The van der Waals surface area contributed by atoms with E-state index in [1.165, 1.54) is 12.1 Å². The lowest BCUT2D eigenvalue weighted by molar-refractivity contribution is -0.117. The van der Waals surface area contributed by atoms with Crippen molar-refractivity contribution in [1.29, 1.82) is 0 Å². The third-order valence-corrected chi connectivity index (χ3v) is 4.04. The second kappa shape index (κ2) is 6.96. The Balaban J connectivity index is 1.66. The van der Waals surface area contributed by atoms with Crippen LogP contribution in [0.15, 0.2) is 47.2 Å². The van der Waals surface area contributed by atoms with Crippen LogP contribution in [0.2, 0.25) is 0 Å². The number of amides is 1. The van der Waals surface area contributed by atoms with Gasteiger partial charge in [-0.25, -0.2) is 4.39 Å². The van der Waals surface area contributed by atoms with E-state index in [2.05, 4.69) is 31.4 Å². The number of rotatable bonds is 5. The quantitative estimate of drug-likeness (QED) is 0.726. The molecule has 6 nitrogen and oxygen atoms in total. The van der Waals surface area contributed by atoms with E-state index >= 15 is 0 Å². The predicted molar refractivity (Wildman–Crippen MR) is 91.0 cm³/mol. The summed E-state index contributed by atoms with van der Waals surface area (Å²) in [5, 5.41) is 11.2. The average molecular weight is 392 g/mol. The van der Waals surface area contributed by atoms with Crippen LogP contribution in [-0.4, -0.2) is 25.5 Å². The summed E-state index contributed by atoms with van der Waals surface area (Å²) in [7, 11) is 0. The van der Waals surface area contributed by atoms with Crippen molar-refractivity contribution in [3.05, 3.63) is 64.3 Å². The Morgan fingerprint density at radius 3 is 2.71 bits per heavy atom. The van der Waals surface area contributed by atoms with Crippen LogP contribution in [0.4, 0.5) is 10.2 Å². The third kappa shape index (κ3) is 3.88. The van der Waals surface area contributed by atoms with Gasteiger partial charge in [0.25, 0.3) is 0 Å². The van der Waals surface area contributed by atoms with Gasteiger partial charge in [-0.05, 0) is 46.6 Å². The Hall–Kier alpha value is -2.48. The molecule has 0 unspecified atom stereocenters. The fraction of sp³-hybridized carbons (Fsp3) is 0.188. The number of nitrogens with one attached hydrogen (secondary N) is 1. The maximum absolute atomic E-state index is 12.9. The van der Waals surface area contributed by atoms with Crippen molar-refractivity contribution >= 4 is 27.7 Å². The third-order valence-electron chi connectivity index (χ3n) is 3.45. The molecule has 2 aromatic heterocycles. The van der Waals surface area contributed by atoms with Gasteiger partial charge in [0.05, 0.1) is 11.0 Å². The minimum Gasteiger partial charge on any atom is -0.307 e. The number of hydrogen-bond donors (Lipinski definition) is 1. The van der Waals surface area contributed by atoms with Gasteiger partial charge in [-0.1, -0.05) is 12.1 Å². The highest BCUT2D eigenvalue weighted by Gasteiger charge is 2.12. The van der Waals surface area contributed by atoms with Crippen molar-refractivity contribution in [3.63, 3.8) is 0 Å². The van der Waals surface area contributed by atoms with E-state index in [9.17, 15) is 9.18 Å². The standard InChI is InChI=1S/C16H15BrFN5O/c1-11-6-7-19-23(11)10-15(24)20-16-14(17)9-22(21-16)8-12-2-4-13(18)5-3-12/h2-7,9H,8,10H2,1H3,(H,20,21,24). The zero-order valence-corrected chi connectivity index (χ0v) is 14.5. The van der Waals surface area contributed by atoms with Crippen LogP contribution in [0.5, 0.6) is 0 Å². The number of carbonyl (C=O) groups is 1. The molecule has 124 valence electrons. The van der Waals surface area contributed by atoms with Gasteiger partial charge in [0, 0.05) is 18.1 Å². The van der Waals surface area contributed by atoms with Crippen molar-refractivity contribution < 1.29 is 9.18 Å². The molecule has 0 aliphatic carbocycles. The van der Waals surface area contributed by atoms with E-state index in [0.29, 0.717) is 16.8 Å². The number of aromatic nitrogens is 4. The van der Waals surface area contributed by atoms with Gasteiger partial charge >= 0.3 is 0 Å². The van der Waals surface area contributed by atoms with E-state index in [-0.39, 0.29) is 18.3 Å². The minimum absolute atomic E-state index is 0.121. The summed E-state index contributed by atoms with van der Waals surface area (Å²) in [6.07, 6.45) is 3.41. The normalized spacial score (nSPS) is 10.8. The van der Waals surface area contributed by atoms with E-state index in [1.807, 2.05) is 13.0 Å². The van der Waals surface area contributed by atoms with Crippen LogP contribution in [-0.2, 0) is 17.9 Å². The van der Waals surface area contributed by atoms with Crippen LogP contribution in [0.25, 0.3) is 0 Å². The summed E-state index contributed by atoms with van der Waals surface area (Å²) in [6, 6.07) is 8.04. The fourth-order valence-electron chi connectivity index (χ4n) is 2.21. The fourth-order valence-corrected chi connectivity index (χ4v) is 2.63. The Labute approximate surface area is 146 Å². The number of anilines is 1. The van der Waals surface area contributed by atoms with Gasteiger partial charge in [0.1, 0.15) is 12.4 Å². The molecule has 1 aromatic carbocycles. The van der Waals surface area contributed by atoms with Crippen molar-refractivity contribution in [1.82, 2.24) is 19.6 Å². The van der Waals surface area contributed by atoms with Gasteiger partial charge in [0.15, 0.2) is 5.82 Å². The maximum Gasteiger partial charge on any atom is 0.247 e. The monoisotopic (exact) mass is 391 g/mol. The highest BCUT2D eigenvalue weighted by molar-refractivity contribution is 9.10. The zero-order chi connectivity index (χ0) is 17.1. The van der Waals surface area contributed by atoms with Crippen LogP contribution in [0, 0.1) is 12.7 Å². The molecule has 0 saturated carbocycles. The molecular formula is C16H15BrFN5O. The van der Waals surface area contributed by atoms with Crippen LogP contribution in [0.1, 0.15) is 11.3 Å². The highest BCUT2D eigenvalue weighted by Crippen LogP contribution is 2.21. The lowest BCUT2D eigenvalue weighted by Crippen LogP contribution is -2.20. The molecule has 0 radical (unpaired) electrons. The molecule has 24 heavy (non-hydrogen) atoms. The lowest BCUT2D eigenvalue weighted by atomic mass is 10.2. The van der Waals surface area contributed by atoms with Crippen molar-refractivity contribution in [3.8, 4) is 0 Å². The van der Waals surface area contributed by atoms with Crippen LogP contribution < -0.4 is 5.32 Å². The summed E-state index contributed by atoms with van der Waals surface area (Å²) < 4.78 is 16.9. The number of carbonyl (C=O) groups excluding carboxylic acids is 1. The molecule has 0 bridgehead atoms. The van der Waals surface area contributed by atoms with Crippen molar-refractivity contribution in [2.75, 3.05) is 5.32 Å². The highest BCUT2D eigenvalue weighted by atomic mass is 79.9. The molecule has 1 amide bonds. The molecule has 0 spiro atoms. The Bertz CT molecular complexity index is 856. The summed E-state index contributed by atoms with van der Waals surface area (Å²) in [6.45, 7) is 2.48. The maximum atomic E-state index is 12.9. The second-order valence-corrected chi connectivity index (χ2v) is 6.18. The van der Waals surface area contributed by atoms with E-state index in [1.54, 1.807) is 33.9 Å². The number of hydrogen-bond acceptors (Lipinski definition) is 3. The Morgan fingerprint density at radius 1 is 1.29 bits per heavy atom. The average Bonchev–Trinajstić information content (AvgIpc) is 3.08. The number of halogens is 2. The molecule has 3 rings (SSSR count). The topological polar surface area (TPSA) is 64.7 Å². The molecular weight excluding hydrogens is 377 g/mol. The summed E-state index contributed by atoms with van der Waals surface area (Å²) >= 11 is 3.38. The lowest BCUT2D eigenvalue weighted by Gasteiger charge is -2.05. The molecule has 2 heterocycles. The molecule has 0 fully saturated rings. The van der Waals surface area contributed by atoms with E-state index in [4.69, 9.17) is 0 Å². The zero-order valence-electron chi connectivity index (χ0n) is 12.9. The largest absolute Gasteiger partial charge is 0.307 e. The molecule has 0 aliphatic heterocycles. The number of benzene rings is 1. The summed E-state index contributed by atoms with van der Waals surface area (Å²) in [5.41, 5.74) is 1.82. The van der Waals surface area contributed by atoms with Gasteiger partial charge in [0.2, 0.25) is 5.91 Å². The first kappa shape index (κ1) is 16.4. The Kier molecular flexibility index (Phi) is 4.75. The smallest absolute Gasteiger partial charge is 0.247 e. The van der Waals surface area contributed by atoms with Crippen molar-refractivity contribution in [2.45, 2.75) is 20.0 Å². The first-order valence-electron chi connectivity index (χ1n) is 7.27. The van der Waals surface area contributed by atoms with Gasteiger partial charge < -0.3 is 5.32 Å². The first-order valence-corrected chi connectivity index (χ1v) is 8.06. The number of nitrogens with zero attached hydrogens (tertiary/aromatic N) is 4. The molecule has 8 heteroatoms. The van der Waals surface area contributed by atoms with Crippen LogP contribution in [0.3, 0.4) is 0 Å². The van der Waals surface area contributed by atoms with E-state index in [0.717, 1.165) is 11.3 Å². The molecule has 1 N–H and O–H groups in total. The molecule has 0 aliphatic rings. The van der Waals surface area contributed by atoms with E-state index < -0.39 is 0 Å². The Morgan fingerprint density at radius 2 is 2.04 bits per heavy atom. The minimum atomic E-state index is -0.276. The first-order chi connectivity index (χ1) is 11.5. The number of aryl methyl sites for hydroxylation is 1. The molecule has 3 aromatic rings. The van der Waals surface area contributed by atoms with Gasteiger partial charge in [-0.2, -0.15) is 10.2 Å². The SMILES string of the molecule is Cc1ccnn1CC(=O)Nc1nn(Cc2ccc(F)cc2)cc1Br. The molecule has 0 saturated heterocycles. The van der Waals surface area contributed by atoms with Gasteiger partial charge in [-0.3, -0.25) is 14.2 Å². The van der Waals surface area contributed by atoms with Crippen LogP contribution >= 0.6 is 15.9 Å². The van der Waals surface area contributed by atoms with Crippen molar-refractivity contribution in [2.24, 2.45) is 0 Å². The van der Waals surface area contributed by atoms with Gasteiger partial charge in [-0.15, -0.1) is 0 Å². The summed E-state index contributed by atoms with van der Waals surface area (Å²) in [5.74, 6) is -0.0521. The molecule has 0 atom stereocenters. The second-order valence-electron chi connectivity index (χ2n) is 5.33. The predicted octanol–water partition coefficient (Wildman–Crippen LogP) is 2.98.